The molecular formula is C22H34F3N5O3S. The van der Waals surface area contributed by atoms with Crippen LogP contribution in [0.3, 0.4) is 0 Å². The van der Waals surface area contributed by atoms with Gasteiger partial charge in [0.05, 0.1) is 19.0 Å². The van der Waals surface area contributed by atoms with Crippen LogP contribution in [-0.2, 0) is 20.9 Å². The van der Waals surface area contributed by atoms with Crippen LogP contribution in [0.2, 0.25) is 0 Å². The molecule has 1 spiro atoms. The van der Waals surface area contributed by atoms with Crippen molar-refractivity contribution in [2.24, 2.45) is 5.41 Å². The maximum absolute atomic E-state index is 13.7. The number of alkyl halides is 3. The van der Waals surface area contributed by atoms with E-state index >= 15 is 0 Å². The molecule has 0 amide bonds. The first-order valence-electron chi connectivity index (χ1n) is 11.9. The van der Waals surface area contributed by atoms with E-state index in [2.05, 4.69) is 9.97 Å². The summed E-state index contributed by atoms with van der Waals surface area (Å²) in [5.74, 6) is -0.700. The van der Waals surface area contributed by atoms with Crippen LogP contribution in [0.25, 0.3) is 0 Å². The molecule has 1 saturated carbocycles. The molecule has 1 aromatic rings. The molecule has 192 valence electrons. The van der Waals surface area contributed by atoms with Gasteiger partial charge in [0.25, 0.3) is 0 Å². The second-order valence-electron chi connectivity index (χ2n) is 9.99. The van der Waals surface area contributed by atoms with Crippen molar-refractivity contribution in [2.45, 2.75) is 57.2 Å². The molecule has 34 heavy (non-hydrogen) atoms. The largest absolute Gasteiger partial charge is 0.451 e. The van der Waals surface area contributed by atoms with Gasteiger partial charge in [0.15, 0.2) is 0 Å². The van der Waals surface area contributed by atoms with Gasteiger partial charge in [-0.15, -0.1) is 0 Å². The van der Waals surface area contributed by atoms with Crippen LogP contribution < -0.4 is 9.80 Å². The number of sulfonamides is 1. The Labute approximate surface area is 199 Å². The molecular weight excluding hydrogens is 471 g/mol. The van der Waals surface area contributed by atoms with Crippen molar-refractivity contribution in [3.8, 4) is 0 Å². The van der Waals surface area contributed by atoms with E-state index in [-0.39, 0.29) is 37.5 Å². The highest BCUT2D eigenvalue weighted by Crippen LogP contribution is 2.44. The Morgan fingerprint density at radius 2 is 1.85 bits per heavy atom. The third-order valence-corrected chi connectivity index (χ3v) is 8.56. The van der Waals surface area contributed by atoms with Crippen molar-refractivity contribution >= 4 is 21.7 Å². The summed E-state index contributed by atoms with van der Waals surface area (Å²) in [7, 11) is -1.72. The minimum Gasteiger partial charge on any atom is -0.374 e. The van der Waals surface area contributed by atoms with Crippen LogP contribution in [0.15, 0.2) is 6.07 Å². The lowest BCUT2D eigenvalue weighted by Crippen LogP contribution is -2.49. The van der Waals surface area contributed by atoms with E-state index in [0.717, 1.165) is 38.5 Å². The zero-order valence-electron chi connectivity index (χ0n) is 19.9. The number of piperidine rings is 1. The monoisotopic (exact) mass is 505 g/mol. The number of hydrogen-bond donors (Lipinski definition) is 0. The first kappa shape index (κ1) is 25.4. The number of halogens is 3. The van der Waals surface area contributed by atoms with Crippen LogP contribution >= 0.6 is 0 Å². The molecule has 8 nitrogen and oxygen atoms in total. The highest BCUT2D eigenvalue weighted by Gasteiger charge is 2.39. The summed E-state index contributed by atoms with van der Waals surface area (Å²) < 4.78 is 71.9. The van der Waals surface area contributed by atoms with Gasteiger partial charge >= 0.3 is 6.18 Å². The fourth-order valence-electron chi connectivity index (χ4n) is 5.52. The summed E-state index contributed by atoms with van der Waals surface area (Å²) in [6.07, 6.45) is 3.85. The molecule has 0 bridgehead atoms. The van der Waals surface area contributed by atoms with Crippen LogP contribution in [0.5, 0.6) is 0 Å². The lowest BCUT2D eigenvalue weighted by Gasteiger charge is -2.46. The van der Waals surface area contributed by atoms with Gasteiger partial charge in [0.1, 0.15) is 11.6 Å². The first-order valence-corrected chi connectivity index (χ1v) is 13.8. The molecule has 1 aliphatic carbocycles. The van der Waals surface area contributed by atoms with Crippen molar-refractivity contribution in [2.75, 3.05) is 62.4 Å². The topological polar surface area (TPSA) is 78.9 Å². The molecule has 0 N–H and O–H groups in total. The van der Waals surface area contributed by atoms with Gasteiger partial charge in [-0.25, -0.2) is 18.4 Å². The Morgan fingerprint density at radius 1 is 1.15 bits per heavy atom. The number of ether oxygens (including phenoxy) is 1. The SMILES string of the molecule is CN(CC1CN(S(C)(=O)=O)CCO1)c1cc(N2CCCC3(CCCCC3)C2)nc(C(F)(F)F)n1. The molecule has 4 rings (SSSR count). The summed E-state index contributed by atoms with van der Waals surface area (Å²) in [5, 5.41) is 0. The number of aromatic nitrogens is 2. The van der Waals surface area contributed by atoms with Gasteiger partial charge in [-0.2, -0.15) is 17.5 Å². The predicted octanol–water partition coefficient (Wildman–Crippen LogP) is 3.14. The lowest BCUT2D eigenvalue weighted by atomic mass is 9.69. The summed E-state index contributed by atoms with van der Waals surface area (Å²) in [4.78, 5) is 11.3. The van der Waals surface area contributed by atoms with Gasteiger partial charge in [0.2, 0.25) is 15.8 Å². The van der Waals surface area contributed by atoms with Crippen molar-refractivity contribution in [1.29, 1.82) is 0 Å². The number of hydrogen-bond acceptors (Lipinski definition) is 7. The fraction of sp³-hybridized carbons (Fsp3) is 0.818. The molecule has 12 heteroatoms. The summed E-state index contributed by atoms with van der Waals surface area (Å²) >= 11 is 0. The number of likely N-dealkylation sites (N-methyl/N-ethyl adjacent to an activating group) is 1. The highest BCUT2D eigenvalue weighted by atomic mass is 32.2. The zero-order chi connectivity index (χ0) is 24.6. The molecule has 2 saturated heterocycles. The average molecular weight is 506 g/mol. The van der Waals surface area contributed by atoms with Crippen molar-refractivity contribution in [3.05, 3.63) is 11.9 Å². The normalized spacial score (nSPS) is 24.4. The van der Waals surface area contributed by atoms with Gasteiger partial charge in [-0.3, -0.25) is 0 Å². The standard InChI is InChI=1S/C22H34F3N5O3S/c1-28(14-17-15-30(11-12-33-17)34(2,31)32)18-13-19(27-20(26-18)22(23,24)25)29-10-6-9-21(16-29)7-4-3-5-8-21/h13,17H,3-12,14-16H2,1-2H3. The fourth-order valence-corrected chi connectivity index (χ4v) is 6.37. The third kappa shape index (κ3) is 5.93. The van der Waals surface area contributed by atoms with Crippen molar-refractivity contribution in [3.63, 3.8) is 0 Å². The molecule has 0 radical (unpaired) electrons. The Balaban J connectivity index is 1.56. The quantitative estimate of drug-likeness (QED) is 0.608. The van der Waals surface area contributed by atoms with E-state index in [1.165, 1.54) is 23.6 Å². The van der Waals surface area contributed by atoms with Gasteiger partial charge in [-0.05, 0) is 31.1 Å². The number of morpholine rings is 1. The summed E-state index contributed by atoms with van der Waals surface area (Å²) in [5.41, 5.74) is 0.164. The number of nitrogens with zero attached hydrogens (tertiary/aromatic N) is 5. The second kappa shape index (κ2) is 9.77. The number of anilines is 2. The molecule has 1 atom stereocenters. The highest BCUT2D eigenvalue weighted by molar-refractivity contribution is 7.88. The maximum Gasteiger partial charge on any atom is 0.451 e. The Morgan fingerprint density at radius 3 is 2.53 bits per heavy atom. The van der Waals surface area contributed by atoms with E-state index in [9.17, 15) is 21.6 Å². The van der Waals surface area contributed by atoms with Crippen LogP contribution in [-0.4, -0.2) is 81.4 Å². The van der Waals surface area contributed by atoms with Gasteiger partial charge in [-0.1, -0.05) is 19.3 Å². The van der Waals surface area contributed by atoms with Crippen LogP contribution in [0.1, 0.15) is 50.8 Å². The van der Waals surface area contributed by atoms with Crippen LogP contribution in [0, 0.1) is 5.41 Å². The smallest absolute Gasteiger partial charge is 0.374 e. The number of rotatable bonds is 5. The first-order chi connectivity index (χ1) is 16.0. The minimum atomic E-state index is -4.67. The third-order valence-electron chi connectivity index (χ3n) is 7.29. The van der Waals surface area contributed by atoms with E-state index in [1.807, 2.05) is 4.90 Å². The Bertz CT molecular complexity index is 964. The Kier molecular flexibility index (Phi) is 7.31. The summed E-state index contributed by atoms with van der Waals surface area (Å²) in [6, 6.07) is 1.62. The van der Waals surface area contributed by atoms with Crippen LogP contribution in [0.4, 0.5) is 24.8 Å². The van der Waals surface area contributed by atoms with E-state index in [1.54, 1.807) is 18.0 Å². The molecule has 0 aromatic carbocycles. The maximum atomic E-state index is 13.7. The minimum absolute atomic E-state index is 0.153. The molecule has 3 fully saturated rings. The van der Waals surface area contributed by atoms with E-state index < -0.39 is 28.1 Å². The second-order valence-corrected chi connectivity index (χ2v) is 12.0. The average Bonchev–Trinajstić information content (AvgIpc) is 2.78. The summed E-state index contributed by atoms with van der Waals surface area (Å²) in [6.45, 7) is 2.27. The van der Waals surface area contributed by atoms with Gasteiger partial charge < -0.3 is 14.5 Å². The van der Waals surface area contributed by atoms with Crippen molar-refractivity contribution in [1.82, 2.24) is 14.3 Å². The van der Waals surface area contributed by atoms with E-state index in [0.29, 0.717) is 12.4 Å². The lowest BCUT2D eigenvalue weighted by molar-refractivity contribution is -0.144. The van der Waals surface area contributed by atoms with Crippen molar-refractivity contribution < 1.29 is 26.3 Å². The zero-order valence-corrected chi connectivity index (χ0v) is 20.7. The molecule has 3 aliphatic rings. The molecule has 1 unspecified atom stereocenters. The van der Waals surface area contributed by atoms with E-state index in [4.69, 9.17) is 4.74 Å². The predicted molar refractivity (Wildman–Crippen MR) is 123 cm³/mol. The molecule has 3 heterocycles. The molecule has 1 aromatic heterocycles. The Hall–Kier alpha value is -1.66. The van der Waals surface area contributed by atoms with Gasteiger partial charge in [0, 0.05) is 45.8 Å². The molecule has 2 aliphatic heterocycles.